The van der Waals surface area contributed by atoms with E-state index in [2.05, 4.69) is 10.1 Å². The summed E-state index contributed by atoms with van der Waals surface area (Å²) in [5, 5.41) is 4.14. The smallest absolute Gasteiger partial charge is 0.145 e. The number of hydrogen-bond donors (Lipinski definition) is 1. The van der Waals surface area contributed by atoms with Gasteiger partial charge in [-0.2, -0.15) is 5.10 Å². The van der Waals surface area contributed by atoms with Gasteiger partial charge in [0.1, 0.15) is 12.2 Å². The van der Waals surface area contributed by atoms with Crippen LogP contribution in [-0.2, 0) is 6.54 Å². The molecular weight excluding hydrogens is 176 g/mol. The van der Waals surface area contributed by atoms with Gasteiger partial charge in [-0.1, -0.05) is 18.2 Å². The Labute approximate surface area is 82.4 Å². The Morgan fingerprint density at radius 3 is 2.86 bits per heavy atom. The van der Waals surface area contributed by atoms with Crippen molar-refractivity contribution in [1.29, 1.82) is 0 Å². The first-order valence-electron chi connectivity index (χ1n) is 4.48. The highest BCUT2D eigenvalue weighted by Gasteiger charge is 2.05. The van der Waals surface area contributed by atoms with E-state index in [-0.39, 0.29) is 0 Å². The van der Waals surface area contributed by atoms with Gasteiger partial charge in [-0.15, -0.1) is 0 Å². The highest BCUT2D eigenvalue weighted by Crippen LogP contribution is 2.12. The number of para-hydroxylation sites is 1. The Bertz CT molecular complexity index is 433. The van der Waals surface area contributed by atoms with Crippen molar-refractivity contribution in [2.75, 3.05) is 0 Å². The third kappa shape index (κ3) is 1.40. The van der Waals surface area contributed by atoms with Gasteiger partial charge in [-0.05, 0) is 18.6 Å². The fourth-order valence-corrected chi connectivity index (χ4v) is 1.41. The molecule has 2 rings (SSSR count). The fourth-order valence-electron chi connectivity index (χ4n) is 1.41. The molecule has 1 heterocycles. The predicted molar refractivity (Wildman–Crippen MR) is 54.0 cm³/mol. The van der Waals surface area contributed by atoms with Crippen LogP contribution in [0.5, 0.6) is 0 Å². The van der Waals surface area contributed by atoms with E-state index in [0.29, 0.717) is 6.54 Å². The van der Waals surface area contributed by atoms with Gasteiger partial charge in [0.25, 0.3) is 0 Å². The summed E-state index contributed by atoms with van der Waals surface area (Å²) in [7, 11) is 0. The third-order valence-electron chi connectivity index (χ3n) is 2.14. The van der Waals surface area contributed by atoms with Gasteiger partial charge in [0.05, 0.1) is 12.2 Å². The van der Waals surface area contributed by atoms with Gasteiger partial charge in [0.15, 0.2) is 0 Å². The van der Waals surface area contributed by atoms with E-state index in [1.54, 1.807) is 4.68 Å². The molecule has 2 aromatic rings. The second-order valence-electron chi connectivity index (χ2n) is 3.08. The van der Waals surface area contributed by atoms with Crippen LogP contribution in [0.1, 0.15) is 11.4 Å². The molecule has 4 nitrogen and oxygen atoms in total. The number of nitrogens with zero attached hydrogens (tertiary/aromatic N) is 3. The molecule has 0 aliphatic carbocycles. The lowest BCUT2D eigenvalue weighted by Gasteiger charge is -2.06. The lowest BCUT2D eigenvalue weighted by atomic mass is 10.2. The van der Waals surface area contributed by atoms with Gasteiger partial charge in [-0.25, -0.2) is 9.67 Å². The molecule has 4 heteroatoms. The molecule has 0 fully saturated rings. The van der Waals surface area contributed by atoms with Crippen LogP contribution in [0, 0.1) is 6.92 Å². The first-order valence-corrected chi connectivity index (χ1v) is 4.48. The molecular formula is C10H12N4. The van der Waals surface area contributed by atoms with Crippen molar-refractivity contribution in [2.45, 2.75) is 13.5 Å². The molecule has 0 spiro atoms. The molecule has 1 aromatic carbocycles. The van der Waals surface area contributed by atoms with E-state index in [1.807, 2.05) is 31.2 Å². The standard InChI is InChI=1S/C10H12N4/c1-8-4-2-3-5-9(8)14-10(6-11)12-7-13-14/h2-5,7H,6,11H2,1H3. The molecule has 2 N–H and O–H groups in total. The molecule has 0 radical (unpaired) electrons. The van der Waals surface area contributed by atoms with Crippen LogP contribution in [-0.4, -0.2) is 14.8 Å². The normalized spacial score (nSPS) is 10.4. The van der Waals surface area contributed by atoms with Crippen molar-refractivity contribution >= 4 is 0 Å². The average Bonchev–Trinajstić information content (AvgIpc) is 2.66. The Hall–Kier alpha value is -1.68. The van der Waals surface area contributed by atoms with Crippen molar-refractivity contribution < 1.29 is 0 Å². The van der Waals surface area contributed by atoms with E-state index in [9.17, 15) is 0 Å². The maximum atomic E-state index is 5.56. The highest BCUT2D eigenvalue weighted by molar-refractivity contribution is 5.39. The molecule has 0 amide bonds. The van der Waals surface area contributed by atoms with Crippen LogP contribution < -0.4 is 5.73 Å². The first kappa shape index (κ1) is 8.90. The number of hydrogen-bond acceptors (Lipinski definition) is 3. The van der Waals surface area contributed by atoms with Crippen LogP contribution in [0.2, 0.25) is 0 Å². The number of nitrogens with two attached hydrogens (primary N) is 1. The van der Waals surface area contributed by atoms with Crippen LogP contribution >= 0.6 is 0 Å². The zero-order valence-electron chi connectivity index (χ0n) is 8.01. The molecule has 1 aromatic heterocycles. The van der Waals surface area contributed by atoms with Crippen molar-refractivity contribution in [3.05, 3.63) is 42.0 Å². The molecule has 0 aliphatic heterocycles. The Morgan fingerprint density at radius 2 is 2.14 bits per heavy atom. The molecule has 0 saturated heterocycles. The fraction of sp³-hybridized carbons (Fsp3) is 0.200. The minimum Gasteiger partial charge on any atom is -0.324 e. The van der Waals surface area contributed by atoms with E-state index in [0.717, 1.165) is 17.1 Å². The van der Waals surface area contributed by atoms with E-state index in [4.69, 9.17) is 5.73 Å². The third-order valence-corrected chi connectivity index (χ3v) is 2.14. The summed E-state index contributed by atoms with van der Waals surface area (Å²) < 4.78 is 1.77. The largest absolute Gasteiger partial charge is 0.324 e. The number of benzene rings is 1. The van der Waals surface area contributed by atoms with Gasteiger partial charge in [-0.3, -0.25) is 0 Å². The van der Waals surface area contributed by atoms with Crippen molar-refractivity contribution in [1.82, 2.24) is 14.8 Å². The second-order valence-corrected chi connectivity index (χ2v) is 3.08. The van der Waals surface area contributed by atoms with Crippen LogP contribution in [0.3, 0.4) is 0 Å². The Kier molecular flexibility index (Phi) is 2.28. The van der Waals surface area contributed by atoms with Crippen LogP contribution in [0.15, 0.2) is 30.6 Å². The number of aryl methyl sites for hydroxylation is 1. The van der Waals surface area contributed by atoms with Gasteiger partial charge >= 0.3 is 0 Å². The zero-order valence-corrected chi connectivity index (χ0v) is 8.01. The maximum Gasteiger partial charge on any atom is 0.145 e. The summed E-state index contributed by atoms with van der Waals surface area (Å²) in [6, 6.07) is 8.02. The van der Waals surface area contributed by atoms with Crippen LogP contribution in [0.4, 0.5) is 0 Å². The van der Waals surface area contributed by atoms with Crippen molar-refractivity contribution in [2.24, 2.45) is 5.73 Å². The number of rotatable bonds is 2. The molecule has 0 atom stereocenters. The van der Waals surface area contributed by atoms with Crippen LogP contribution in [0.25, 0.3) is 5.69 Å². The molecule has 0 aliphatic rings. The lowest BCUT2D eigenvalue weighted by molar-refractivity contribution is 0.785. The quantitative estimate of drug-likeness (QED) is 0.766. The second kappa shape index (κ2) is 3.59. The maximum absolute atomic E-state index is 5.56. The minimum atomic E-state index is 0.397. The number of aromatic nitrogens is 3. The molecule has 0 bridgehead atoms. The molecule has 0 unspecified atom stereocenters. The summed E-state index contributed by atoms with van der Waals surface area (Å²) in [5.74, 6) is 0.777. The lowest BCUT2D eigenvalue weighted by Crippen LogP contribution is -2.08. The summed E-state index contributed by atoms with van der Waals surface area (Å²) in [6.07, 6.45) is 1.52. The Morgan fingerprint density at radius 1 is 1.36 bits per heavy atom. The van der Waals surface area contributed by atoms with Gasteiger partial charge < -0.3 is 5.73 Å². The average molecular weight is 188 g/mol. The topological polar surface area (TPSA) is 56.7 Å². The SMILES string of the molecule is Cc1ccccc1-n1ncnc1CN. The van der Waals surface area contributed by atoms with Crippen molar-refractivity contribution in [3.63, 3.8) is 0 Å². The zero-order chi connectivity index (χ0) is 9.97. The van der Waals surface area contributed by atoms with E-state index < -0.39 is 0 Å². The molecule has 14 heavy (non-hydrogen) atoms. The highest BCUT2D eigenvalue weighted by atomic mass is 15.3. The molecule has 0 saturated carbocycles. The van der Waals surface area contributed by atoms with E-state index in [1.165, 1.54) is 6.33 Å². The summed E-state index contributed by atoms with van der Waals surface area (Å²) in [5.41, 5.74) is 7.75. The summed E-state index contributed by atoms with van der Waals surface area (Å²) in [6.45, 7) is 2.44. The van der Waals surface area contributed by atoms with E-state index >= 15 is 0 Å². The van der Waals surface area contributed by atoms with Gasteiger partial charge in [0, 0.05) is 0 Å². The monoisotopic (exact) mass is 188 g/mol. The predicted octanol–water partition coefficient (Wildman–Crippen LogP) is 1.03. The minimum absolute atomic E-state index is 0.397. The Balaban J connectivity index is 2.54. The summed E-state index contributed by atoms with van der Waals surface area (Å²) >= 11 is 0. The first-order chi connectivity index (χ1) is 6.83. The van der Waals surface area contributed by atoms with Gasteiger partial charge in [0.2, 0.25) is 0 Å². The molecule has 72 valence electrons. The van der Waals surface area contributed by atoms with Crippen molar-refractivity contribution in [3.8, 4) is 5.69 Å². The summed E-state index contributed by atoms with van der Waals surface area (Å²) in [4.78, 5) is 4.08.